The smallest absolute Gasteiger partial charge is 0.333 e. The Balaban J connectivity index is -0.0000000424. The van der Waals surface area contributed by atoms with Crippen molar-refractivity contribution in [1.82, 2.24) is 0 Å². The number of carbonyl (C=O) groups excluding carboxylic acids is 1. The van der Waals surface area contributed by atoms with Gasteiger partial charge in [0.05, 0.1) is 6.61 Å². The van der Waals surface area contributed by atoms with Crippen molar-refractivity contribution in [2.45, 2.75) is 50.0 Å². The maximum Gasteiger partial charge on any atom is 0.333 e. The molecule has 0 aromatic heterocycles. The Bertz CT molecular complexity index is 165. The van der Waals surface area contributed by atoms with Gasteiger partial charge in [-0.25, -0.2) is 4.79 Å². The lowest BCUT2D eigenvalue weighted by molar-refractivity contribution is -0.138. The van der Waals surface area contributed by atoms with Crippen molar-refractivity contribution >= 4 is 5.97 Å². The van der Waals surface area contributed by atoms with E-state index in [1.165, 1.54) is 5.57 Å². The van der Waals surface area contributed by atoms with Crippen molar-refractivity contribution in [3.8, 4) is 0 Å². The van der Waals surface area contributed by atoms with Crippen molar-refractivity contribution < 1.29 is 9.53 Å². The van der Waals surface area contributed by atoms with Gasteiger partial charge >= 0.3 is 5.97 Å². The first-order valence-corrected chi connectivity index (χ1v) is 3.86. The zero-order chi connectivity index (χ0) is 10.1. The summed E-state index contributed by atoms with van der Waals surface area (Å²) in [7, 11) is 0. The third-order valence-electron chi connectivity index (χ3n) is 0.624. The highest BCUT2D eigenvalue weighted by molar-refractivity contribution is 5.86. The fourth-order valence-electron chi connectivity index (χ4n) is 0.254. The quantitative estimate of drug-likeness (QED) is 0.384. The van der Waals surface area contributed by atoms with Gasteiger partial charge in [0, 0.05) is 5.57 Å². The Morgan fingerprint density at radius 3 is 1.40 bits per heavy atom. The molecule has 2 heteroatoms. The molecule has 0 atom stereocenters. The summed E-state index contributed by atoms with van der Waals surface area (Å²) >= 11 is 0. The first kappa shape index (κ1) is 29.2. The molecule has 2 nitrogen and oxygen atoms in total. The van der Waals surface area contributed by atoms with Crippen molar-refractivity contribution in [2.24, 2.45) is 0 Å². The molecule has 94 valence electrons. The molecule has 15 heavy (non-hydrogen) atoms. The number of allylic oxidation sites excluding steroid dienone is 1. The lowest BCUT2D eigenvalue weighted by atomic mass is 10.4. The molecule has 0 bridgehead atoms. The highest BCUT2D eigenvalue weighted by Crippen LogP contribution is 1.89. The summed E-state index contributed by atoms with van der Waals surface area (Å²) in [5, 5.41) is 0. The van der Waals surface area contributed by atoms with Gasteiger partial charge in [0.25, 0.3) is 0 Å². The van der Waals surface area contributed by atoms with Crippen LogP contribution in [0.1, 0.15) is 50.0 Å². The first-order chi connectivity index (χ1) is 5.41. The van der Waals surface area contributed by atoms with Crippen molar-refractivity contribution in [3.63, 3.8) is 0 Å². The Labute approximate surface area is 97.0 Å². The topological polar surface area (TPSA) is 26.3 Å². The predicted molar refractivity (Wildman–Crippen MR) is 72.1 cm³/mol. The second-order valence-corrected chi connectivity index (χ2v) is 2.71. The molecule has 0 rings (SSSR count). The molecular weight excluding hydrogens is 188 g/mol. The van der Waals surface area contributed by atoms with E-state index in [9.17, 15) is 4.79 Å². The molecule has 0 aromatic carbocycles. The second-order valence-electron chi connectivity index (χ2n) is 2.71. The van der Waals surface area contributed by atoms with Gasteiger partial charge in [0.15, 0.2) is 0 Å². The summed E-state index contributed by atoms with van der Waals surface area (Å²) in [6, 6.07) is 0. The zero-order valence-electron chi connectivity index (χ0n) is 8.44. The molecule has 0 heterocycles. The number of esters is 1. The monoisotopic (exact) mass is 218 g/mol. The van der Waals surface area contributed by atoms with Gasteiger partial charge in [-0.2, -0.15) is 0 Å². The van der Waals surface area contributed by atoms with Gasteiger partial charge < -0.3 is 4.74 Å². The molecule has 0 aliphatic heterocycles. The number of ether oxygens (including phenoxy) is 1. The van der Waals surface area contributed by atoms with Gasteiger partial charge in [-0.1, -0.05) is 34.4 Å². The largest absolute Gasteiger partial charge is 0.463 e. The molecular formula is C13H30O2. The highest BCUT2D eigenvalue weighted by atomic mass is 16.5. The third kappa shape index (κ3) is 43.9. The van der Waals surface area contributed by atoms with Gasteiger partial charge in [-0.15, -0.1) is 6.58 Å². The summed E-state index contributed by atoms with van der Waals surface area (Å²) in [5.41, 5.74) is 1.62. The van der Waals surface area contributed by atoms with Crippen LogP contribution in [0, 0.1) is 0 Å². The van der Waals surface area contributed by atoms with E-state index in [1.54, 1.807) is 13.8 Å². The van der Waals surface area contributed by atoms with E-state index in [2.05, 4.69) is 17.9 Å². The van der Waals surface area contributed by atoms with Gasteiger partial charge in [-0.3, -0.25) is 0 Å². The zero-order valence-corrected chi connectivity index (χ0v) is 8.44. The lowest BCUT2D eigenvalue weighted by Gasteiger charge is -1.96. The molecule has 0 saturated carbocycles. The molecule has 0 aliphatic rings. The number of carbonyl (C=O) groups is 1. The van der Waals surface area contributed by atoms with Crippen LogP contribution < -0.4 is 0 Å². The SMILES string of the molecule is C.C.C.C=C(C)C.C=C(C)C(=O)OCC. The van der Waals surface area contributed by atoms with E-state index >= 15 is 0 Å². The molecule has 0 amide bonds. The first-order valence-electron chi connectivity index (χ1n) is 3.86. The van der Waals surface area contributed by atoms with Gasteiger partial charge in [-0.05, 0) is 27.7 Å². The summed E-state index contributed by atoms with van der Waals surface area (Å²) in [5.74, 6) is -0.312. The summed E-state index contributed by atoms with van der Waals surface area (Å²) in [6.07, 6.45) is 0. The van der Waals surface area contributed by atoms with Crippen LogP contribution >= 0.6 is 0 Å². The highest BCUT2D eigenvalue weighted by Gasteiger charge is 1.98. The maximum atomic E-state index is 10.4. The average molecular weight is 218 g/mol. The van der Waals surface area contributed by atoms with E-state index in [0.29, 0.717) is 12.2 Å². The Hall–Kier alpha value is -1.05. The van der Waals surface area contributed by atoms with Crippen molar-refractivity contribution in [3.05, 3.63) is 24.3 Å². The summed E-state index contributed by atoms with van der Waals surface area (Å²) < 4.78 is 4.56. The van der Waals surface area contributed by atoms with Crippen molar-refractivity contribution in [2.75, 3.05) is 6.61 Å². The Morgan fingerprint density at radius 1 is 1.07 bits per heavy atom. The van der Waals surface area contributed by atoms with Crippen LogP contribution in [0.2, 0.25) is 0 Å². The van der Waals surface area contributed by atoms with E-state index in [4.69, 9.17) is 0 Å². The van der Waals surface area contributed by atoms with Crippen LogP contribution in [-0.2, 0) is 9.53 Å². The fourth-order valence-corrected chi connectivity index (χ4v) is 0.254. The molecule has 0 N–H and O–H groups in total. The fraction of sp³-hybridized carbons (Fsp3) is 0.615. The van der Waals surface area contributed by atoms with Gasteiger partial charge in [0.2, 0.25) is 0 Å². The van der Waals surface area contributed by atoms with Crippen LogP contribution in [0.5, 0.6) is 0 Å². The number of rotatable bonds is 2. The van der Waals surface area contributed by atoms with E-state index in [1.807, 2.05) is 13.8 Å². The summed E-state index contributed by atoms with van der Waals surface area (Å²) in [6.45, 7) is 14.7. The van der Waals surface area contributed by atoms with Crippen LogP contribution in [0.4, 0.5) is 0 Å². The van der Waals surface area contributed by atoms with Crippen LogP contribution in [0.25, 0.3) is 0 Å². The third-order valence-corrected chi connectivity index (χ3v) is 0.624. The molecule has 0 saturated heterocycles. The minimum atomic E-state index is -0.312. The molecule has 0 aliphatic carbocycles. The Morgan fingerprint density at radius 2 is 1.33 bits per heavy atom. The maximum absolute atomic E-state index is 10.4. The van der Waals surface area contributed by atoms with Gasteiger partial charge in [0.1, 0.15) is 0 Å². The van der Waals surface area contributed by atoms with E-state index in [-0.39, 0.29) is 28.2 Å². The standard InChI is InChI=1S/C6H10O2.C4H8.3CH4/c1-4-8-6(7)5(2)3;1-4(2)3;;;/h2,4H2,1,3H3;1H2,2-3H3;3*1H4. The molecule has 0 spiro atoms. The summed E-state index contributed by atoms with van der Waals surface area (Å²) in [4.78, 5) is 10.4. The van der Waals surface area contributed by atoms with E-state index < -0.39 is 0 Å². The van der Waals surface area contributed by atoms with Crippen molar-refractivity contribution in [1.29, 1.82) is 0 Å². The van der Waals surface area contributed by atoms with Crippen LogP contribution in [0.3, 0.4) is 0 Å². The van der Waals surface area contributed by atoms with Crippen LogP contribution in [0.15, 0.2) is 24.3 Å². The molecule has 0 aromatic rings. The molecule has 0 fully saturated rings. The van der Waals surface area contributed by atoms with Crippen LogP contribution in [-0.4, -0.2) is 12.6 Å². The second kappa shape index (κ2) is 18.7. The normalized spacial score (nSPS) is 6.13. The average Bonchev–Trinajstić information content (AvgIpc) is 1.86. The predicted octanol–water partition coefficient (Wildman–Crippen LogP) is 4.62. The molecule has 0 radical (unpaired) electrons. The molecule has 0 unspecified atom stereocenters. The Kier molecular flexibility index (Phi) is 36.4. The number of hydrogen-bond donors (Lipinski definition) is 0. The minimum Gasteiger partial charge on any atom is -0.463 e. The number of hydrogen-bond acceptors (Lipinski definition) is 2. The van der Waals surface area contributed by atoms with E-state index in [0.717, 1.165) is 0 Å². The minimum absolute atomic E-state index is 0. The lowest BCUT2D eigenvalue weighted by Crippen LogP contribution is -2.03.